The number of hydrogen-bond donors (Lipinski definition) is 1. The third-order valence-electron chi connectivity index (χ3n) is 1.97. The van der Waals surface area contributed by atoms with Crippen LogP contribution in [-0.2, 0) is 6.42 Å². The van der Waals surface area contributed by atoms with Crippen LogP contribution in [0.15, 0.2) is 24.8 Å². The summed E-state index contributed by atoms with van der Waals surface area (Å²) < 4.78 is 0. The zero-order valence-corrected chi connectivity index (χ0v) is 7.72. The van der Waals surface area contributed by atoms with Crippen molar-refractivity contribution in [1.82, 2.24) is 0 Å². The van der Waals surface area contributed by atoms with Crippen molar-refractivity contribution < 1.29 is 0 Å². The average molecular weight is 161 g/mol. The molecule has 0 aromatic heterocycles. The van der Waals surface area contributed by atoms with Crippen LogP contribution in [0.3, 0.4) is 0 Å². The van der Waals surface area contributed by atoms with Crippen LogP contribution in [0.5, 0.6) is 0 Å². The van der Waals surface area contributed by atoms with Crippen LogP contribution in [0.25, 0.3) is 5.57 Å². The molecule has 0 aliphatic heterocycles. The Morgan fingerprint density at radius 3 is 2.67 bits per heavy atom. The molecule has 0 aliphatic carbocycles. The first-order valence-electron chi connectivity index (χ1n) is 4.19. The molecule has 0 spiro atoms. The molecule has 0 amide bonds. The monoisotopic (exact) mass is 161 g/mol. The zero-order valence-electron chi connectivity index (χ0n) is 7.72. The molecule has 1 aromatic rings. The van der Waals surface area contributed by atoms with Gasteiger partial charge in [-0.3, -0.25) is 0 Å². The predicted molar refractivity (Wildman–Crippen MR) is 54.9 cm³/mol. The first-order chi connectivity index (χ1) is 5.65. The highest BCUT2D eigenvalue weighted by Gasteiger charge is 2.00. The van der Waals surface area contributed by atoms with Gasteiger partial charge in [0.25, 0.3) is 0 Å². The van der Waals surface area contributed by atoms with Crippen molar-refractivity contribution in [2.45, 2.75) is 20.3 Å². The van der Waals surface area contributed by atoms with Gasteiger partial charge >= 0.3 is 0 Å². The highest BCUT2D eigenvalue weighted by molar-refractivity contribution is 5.67. The van der Waals surface area contributed by atoms with Crippen LogP contribution in [0.1, 0.15) is 25.0 Å². The summed E-state index contributed by atoms with van der Waals surface area (Å²) in [6.45, 7) is 8.06. The van der Waals surface area contributed by atoms with Crippen LogP contribution >= 0.6 is 0 Å². The summed E-state index contributed by atoms with van der Waals surface area (Å²) in [7, 11) is 0. The second-order valence-electron chi connectivity index (χ2n) is 3.05. The molecule has 0 radical (unpaired) electrons. The summed E-state index contributed by atoms with van der Waals surface area (Å²) in [5, 5.41) is 0. The SMILES string of the molecule is C=C(C)c1cc(N)ccc1CC. The Morgan fingerprint density at radius 2 is 2.17 bits per heavy atom. The fourth-order valence-corrected chi connectivity index (χ4v) is 1.30. The number of anilines is 1. The first kappa shape index (κ1) is 8.85. The molecule has 0 bridgehead atoms. The largest absolute Gasteiger partial charge is 0.399 e. The van der Waals surface area contributed by atoms with Gasteiger partial charge in [0.15, 0.2) is 0 Å². The number of allylic oxidation sites excluding steroid dienone is 1. The molecular formula is C11H15N. The Bertz CT molecular complexity index is 300. The Balaban J connectivity index is 3.21. The van der Waals surface area contributed by atoms with Crippen molar-refractivity contribution in [2.75, 3.05) is 5.73 Å². The highest BCUT2D eigenvalue weighted by atomic mass is 14.5. The van der Waals surface area contributed by atoms with Crippen LogP contribution in [0.4, 0.5) is 5.69 Å². The Labute approximate surface area is 73.9 Å². The maximum absolute atomic E-state index is 5.68. The Morgan fingerprint density at radius 1 is 1.50 bits per heavy atom. The molecule has 0 saturated heterocycles. The fraction of sp³-hybridized carbons (Fsp3) is 0.273. The van der Waals surface area contributed by atoms with Gasteiger partial charge in [-0.05, 0) is 36.6 Å². The van der Waals surface area contributed by atoms with Crippen LogP contribution in [0.2, 0.25) is 0 Å². The van der Waals surface area contributed by atoms with Gasteiger partial charge in [-0.15, -0.1) is 0 Å². The molecule has 0 unspecified atom stereocenters. The maximum Gasteiger partial charge on any atom is 0.0320 e. The lowest BCUT2D eigenvalue weighted by Gasteiger charge is -2.07. The summed E-state index contributed by atoms with van der Waals surface area (Å²) in [5.41, 5.74) is 10.1. The van der Waals surface area contributed by atoms with Crippen LogP contribution < -0.4 is 5.73 Å². The van der Waals surface area contributed by atoms with Gasteiger partial charge in [-0.25, -0.2) is 0 Å². The van der Waals surface area contributed by atoms with Gasteiger partial charge in [-0.1, -0.05) is 25.1 Å². The van der Waals surface area contributed by atoms with E-state index in [1.807, 2.05) is 19.1 Å². The van der Waals surface area contributed by atoms with E-state index in [4.69, 9.17) is 5.73 Å². The molecule has 0 fully saturated rings. The standard InChI is InChI=1S/C11H15N/c1-4-9-5-6-10(12)7-11(9)8(2)3/h5-7H,2,4,12H2,1,3H3. The van der Waals surface area contributed by atoms with Crippen molar-refractivity contribution in [1.29, 1.82) is 0 Å². The molecule has 1 nitrogen and oxygen atoms in total. The number of aryl methyl sites for hydroxylation is 1. The van der Waals surface area contributed by atoms with E-state index >= 15 is 0 Å². The summed E-state index contributed by atoms with van der Waals surface area (Å²) in [6, 6.07) is 5.99. The molecule has 12 heavy (non-hydrogen) atoms. The minimum atomic E-state index is 0.810. The van der Waals surface area contributed by atoms with Gasteiger partial charge in [0.2, 0.25) is 0 Å². The van der Waals surface area contributed by atoms with E-state index in [9.17, 15) is 0 Å². The molecule has 1 rings (SSSR count). The quantitative estimate of drug-likeness (QED) is 0.663. The van der Waals surface area contributed by atoms with E-state index in [1.165, 1.54) is 11.1 Å². The zero-order chi connectivity index (χ0) is 9.14. The van der Waals surface area contributed by atoms with Gasteiger partial charge in [0, 0.05) is 5.69 Å². The molecule has 0 aliphatic rings. The molecule has 64 valence electrons. The molecule has 0 heterocycles. The predicted octanol–water partition coefficient (Wildman–Crippen LogP) is 2.86. The lowest BCUT2D eigenvalue weighted by atomic mass is 9.99. The second kappa shape index (κ2) is 3.44. The van der Waals surface area contributed by atoms with Gasteiger partial charge in [0.05, 0.1) is 0 Å². The number of benzene rings is 1. The van der Waals surface area contributed by atoms with Crippen molar-refractivity contribution in [2.24, 2.45) is 0 Å². The van der Waals surface area contributed by atoms with E-state index in [0.29, 0.717) is 0 Å². The number of nitrogen functional groups attached to an aromatic ring is 1. The highest BCUT2D eigenvalue weighted by Crippen LogP contribution is 2.20. The van der Waals surface area contributed by atoms with Crippen LogP contribution in [-0.4, -0.2) is 0 Å². The lowest BCUT2D eigenvalue weighted by molar-refractivity contribution is 1.13. The molecule has 2 N–H and O–H groups in total. The number of nitrogens with two attached hydrogens (primary N) is 1. The lowest BCUT2D eigenvalue weighted by Crippen LogP contribution is -1.92. The van der Waals surface area contributed by atoms with Crippen LogP contribution in [0, 0.1) is 0 Å². The maximum atomic E-state index is 5.68. The van der Waals surface area contributed by atoms with Gasteiger partial charge in [-0.2, -0.15) is 0 Å². The number of rotatable bonds is 2. The number of hydrogen-bond acceptors (Lipinski definition) is 1. The van der Waals surface area contributed by atoms with E-state index in [2.05, 4.69) is 19.6 Å². The summed E-state index contributed by atoms with van der Waals surface area (Å²) in [4.78, 5) is 0. The van der Waals surface area contributed by atoms with E-state index in [1.54, 1.807) is 0 Å². The fourth-order valence-electron chi connectivity index (χ4n) is 1.30. The van der Waals surface area contributed by atoms with Crippen molar-refractivity contribution in [3.05, 3.63) is 35.9 Å². The Kier molecular flexibility index (Phi) is 2.54. The molecular weight excluding hydrogens is 146 g/mol. The second-order valence-corrected chi connectivity index (χ2v) is 3.05. The van der Waals surface area contributed by atoms with E-state index in [0.717, 1.165) is 17.7 Å². The van der Waals surface area contributed by atoms with Crippen molar-refractivity contribution >= 4 is 11.3 Å². The third-order valence-corrected chi connectivity index (χ3v) is 1.97. The van der Waals surface area contributed by atoms with Gasteiger partial charge in [0.1, 0.15) is 0 Å². The van der Waals surface area contributed by atoms with E-state index < -0.39 is 0 Å². The first-order valence-corrected chi connectivity index (χ1v) is 4.19. The average Bonchev–Trinajstić information content (AvgIpc) is 2.04. The summed E-state index contributed by atoms with van der Waals surface area (Å²) >= 11 is 0. The minimum Gasteiger partial charge on any atom is -0.399 e. The third kappa shape index (κ3) is 1.67. The van der Waals surface area contributed by atoms with Gasteiger partial charge < -0.3 is 5.73 Å². The van der Waals surface area contributed by atoms with E-state index in [-0.39, 0.29) is 0 Å². The molecule has 0 saturated carbocycles. The minimum absolute atomic E-state index is 0.810. The summed E-state index contributed by atoms with van der Waals surface area (Å²) in [6.07, 6.45) is 1.03. The molecule has 0 atom stereocenters. The normalized spacial score (nSPS) is 9.83. The molecule has 1 aromatic carbocycles. The topological polar surface area (TPSA) is 26.0 Å². The van der Waals surface area contributed by atoms with Crippen molar-refractivity contribution in [3.63, 3.8) is 0 Å². The molecule has 1 heteroatoms. The Hall–Kier alpha value is -1.24. The smallest absolute Gasteiger partial charge is 0.0320 e. The van der Waals surface area contributed by atoms with Crippen molar-refractivity contribution in [3.8, 4) is 0 Å². The summed E-state index contributed by atoms with van der Waals surface area (Å²) in [5.74, 6) is 0.